The lowest BCUT2D eigenvalue weighted by molar-refractivity contribution is 0.102. The van der Waals surface area contributed by atoms with Crippen LogP contribution < -0.4 is 10.6 Å². The molecule has 0 unspecified atom stereocenters. The van der Waals surface area contributed by atoms with Crippen molar-refractivity contribution in [2.24, 2.45) is 0 Å². The van der Waals surface area contributed by atoms with E-state index in [1.165, 1.54) is 25.3 Å². The minimum Gasteiger partial charge on any atom is -0.366 e. The maximum atomic E-state index is 13.6. The molecule has 2 aromatic rings. The van der Waals surface area contributed by atoms with E-state index in [4.69, 9.17) is 0 Å². The first-order valence-electron chi connectivity index (χ1n) is 7.98. The largest absolute Gasteiger partial charge is 0.366 e. The predicted molar refractivity (Wildman–Crippen MR) is 86.8 cm³/mol. The van der Waals surface area contributed by atoms with Gasteiger partial charge in [-0.1, -0.05) is 19.3 Å². The predicted octanol–water partition coefficient (Wildman–Crippen LogP) is 3.75. The van der Waals surface area contributed by atoms with Crippen molar-refractivity contribution in [3.63, 3.8) is 0 Å². The van der Waals surface area contributed by atoms with Gasteiger partial charge in [-0.05, 0) is 37.1 Å². The minimum absolute atomic E-state index is 0.0629. The number of hydrogen-bond donors (Lipinski definition) is 2. The first-order chi connectivity index (χ1) is 11.6. The first-order valence-corrected chi connectivity index (χ1v) is 7.98. The summed E-state index contributed by atoms with van der Waals surface area (Å²) < 4.78 is 26.4. The number of amides is 1. The van der Waals surface area contributed by atoms with Gasteiger partial charge in [0.25, 0.3) is 5.91 Å². The first kappa shape index (κ1) is 16.3. The molecule has 3 rings (SSSR count). The lowest BCUT2D eigenvalue weighted by atomic mass is 9.95. The monoisotopic (exact) mass is 332 g/mol. The summed E-state index contributed by atoms with van der Waals surface area (Å²) in [4.78, 5) is 12.1. The van der Waals surface area contributed by atoms with Crippen molar-refractivity contribution < 1.29 is 13.6 Å². The lowest BCUT2D eigenvalue weighted by Gasteiger charge is -2.22. The number of nitrogens with zero attached hydrogens (tertiary/aromatic N) is 2. The molecule has 1 amide bonds. The van der Waals surface area contributed by atoms with Gasteiger partial charge >= 0.3 is 0 Å². The number of anilines is 2. The maximum Gasteiger partial charge on any atom is 0.276 e. The van der Waals surface area contributed by atoms with Gasteiger partial charge in [0.15, 0.2) is 5.69 Å². The van der Waals surface area contributed by atoms with Gasteiger partial charge in [-0.15, -0.1) is 10.2 Å². The zero-order valence-electron chi connectivity index (χ0n) is 13.1. The van der Waals surface area contributed by atoms with Crippen molar-refractivity contribution in [3.8, 4) is 0 Å². The summed E-state index contributed by atoms with van der Waals surface area (Å²) >= 11 is 0. The third kappa shape index (κ3) is 4.04. The van der Waals surface area contributed by atoms with Crippen molar-refractivity contribution in [2.45, 2.75) is 38.1 Å². The van der Waals surface area contributed by atoms with Gasteiger partial charge in [-0.25, -0.2) is 8.78 Å². The molecule has 1 fully saturated rings. The number of carbonyl (C=O) groups is 1. The summed E-state index contributed by atoms with van der Waals surface area (Å²) in [7, 11) is 0. The van der Waals surface area contributed by atoms with Crippen LogP contribution in [0.3, 0.4) is 0 Å². The van der Waals surface area contributed by atoms with Crippen molar-refractivity contribution in [1.82, 2.24) is 10.2 Å². The Labute approximate surface area is 138 Å². The highest BCUT2D eigenvalue weighted by Gasteiger charge is 2.15. The zero-order chi connectivity index (χ0) is 16.9. The molecule has 0 spiro atoms. The van der Waals surface area contributed by atoms with Crippen LogP contribution in [0.25, 0.3) is 0 Å². The zero-order valence-corrected chi connectivity index (χ0v) is 13.1. The van der Waals surface area contributed by atoms with Gasteiger partial charge in [-0.2, -0.15) is 0 Å². The van der Waals surface area contributed by atoms with E-state index in [0.29, 0.717) is 17.9 Å². The Bertz CT molecular complexity index is 715. The highest BCUT2D eigenvalue weighted by Crippen LogP contribution is 2.20. The Kier molecular flexibility index (Phi) is 4.98. The Morgan fingerprint density at radius 2 is 1.83 bits per heavy atom. The van der Waals surface area contributed by atoms with Crippen LogP contribution in [-0.4, -0.2) is 22.1 Å². The van der Waals surface area contributed by atoms with Crippen molar-refractivity contribution >= 4 is 17.4 Å². The summed E-state index contributed by atoms with van der Waals surface area (Å²) in [5.74, 6) is -1.53. The van der Waals surface area contributed by atoms with Crippen LogP contribution in [-0.2, 0) is 0 Å². The molecule has 0 bridgehead atoms. The maximum absolute atomic E-state index is 13.6. The second-order valence-corrected chi connectivity index (χ2v) is 5.86. The number of halogens is 2. The van der Waals surface area contributed by atoms with Crippen molar-refractivity contribution in [2.75, 3.05) is 10.6 Å². The van der Waals surface area contributed by atoms with Gasteiger partial charge in [0.2, 0.25) is 0 Å². The number of hydrogen-bond acceptors (Lipinski definition) is 4. The number of carbonyl (C=O) groups excluding carboxylic acids is 1. The molecular formula is C17H18F2N4O. The van der Waals surface area contributed by atoms with Crippen LogP contribution in [0.1, 0.15) is 42.6 Å². The minimum atomic E-state index is -0.841. The van der Waals surface area contributed by atoms with Crippen LogP contribution in [0.15, 0.2) is 30.3 Å². The number of aromatic nitrogens is 2. The molecule has 0 aliphatic heterocycles. The topological polar surface area (TPSA) is 66.9 Å². The molecule has 1 aromatic carbocycles. The molecular weight excluding hydrogens is 314 g/mol. The van der Waals surface area contributed by atoms with Gasteiger partial charge in [-0.3, -0.25) is 4.79 Å². The third-order valence-corrected chi connectivity index (χ3v) is 4.03. The fraction of sp³-hybridized carbons (Fsp3) is 0.353. The lowest BCUT2D eigenvalue weighted by Crippen LogP contribution is -2.23. The Morgan fingerprint density at radius 1 is 1.04 bits per heavy atom. The average Bonchev–Trinajstić information content (AvgIpc) is 2.59. The molecule has 0 radical (unpaired) electrons. The molecule has 1 aliphatic rings. The van der Waals surface area contributed by atoms with Gasteiger partial charge in [0.1, 0.15) is 17.5 Å². The van der Waals surface area contributed by atoms with E-state index in [0.717, 1.165) is 25.0 Å². The average molecular weight is 332 g/mol. The van der Waals surface area contributed by atoms with E-state index in [2.05, 4.69) is 20.8 Å². The second kappa shape index (κ2) is 7.33. The van der Waals surface area contributed by atoms with E-state index < -0.39 is 17.5 Å². The van der Waals surface area contributed by atoms with E-state index in [9.17, 15) is 13.6 Å². The van der Waals surface area contributed by atoms with Crippen LogP contribution >= 0.6 is 0 Å². The van der Waals surface area contributed by atoms with E-state index in [1.807, 2.05) is 0 Å². The number of nitrogens with one attached hydrogen (secondary N) is 2. The molecule has 1 saturated carbocycles. The normalized spacial score (nSPS) is 15.1. The summed E-state index contributed by atoms with van der Waals surface area (Å²) in [6.07, 6.45) is 5.88. The third-order valence-electron chi connectivity index (χ3n) is 4.03. The molecule has 5 nitrogen and oxygen atoms in total. The fourth-order valence-electron chi connectivity index (χ4n) is 2.76. The van der Waals surface area contributed by atoms with Gasteiger partial charge in [0, 0.05) is 12.1 Å². The van der Waals surface area contributed by atoms with E-state index >= 15 is 0 Å². The quantitative estimate of drug-likeness (QED) is 0.895. The Morgan fingerprint density at radius 3 is 2.50 bits per heavy atom. The molecule has 126 valence electrons. The summed E-state index contributed by atoms with van der Waals surface area (Å²) in [5.41, 5.74) is -0.0412. The summed E-state index contributed by atoms with van der Waals surface area (Å²) in [6, 6.07) is 6.53. The fourth-order valence-corrected chi connectivity index (χ4v) is 2.76. The van der Waals surface area contributed by atoms with Gasteiger partial charge in [0.05, 0.1) is 5.69 Å². The summed E-state index contributed by atoms with van der Waals surface area (Å²) in [6.45, 7) is 0. The standard InChI is InChI=1S/C17H18F2N4O/c18-11-6-7-14(13(19)10-11)21-17(24)15-8-9-16(23-22-15)20-12-4-2-1-3-5-12/h6-10,12H,1-5H2,(H,20,23)(H,21,24). The molecule has 0 saturated heterocycles. The molecule has 1 heterocycles. The van der Waals surface area contributed by atoms with Crippen LogP contribution in [0.2, 0.25) is 0 Å². The van der Waals surface area contributed by atoms with Crippen LogP contribution in [0.5, 0.6) is 0 Å². The molecule has 1 aliphatic carbocycles. The van der Waals surface area contributed by atoms with Crippen molar-refractivity contribution in [3.05, 3.63) is 47.7 Å². The summed E-state index contributed by atoms with van der Waals surface area (Å²) in [5, 5.41) is 13.5. The molecule has 24 heavy (non-hydrogen) atoms. The Balaban J connectivity index is 1.62. The Hall–Kier alpha value is -2.57. The molecule has 0 atom stereocenters. The van der Waals surface area contributed by atoms with Crippen molar-refractivity contribution in [1.29, 1.82) is 0 Å². The SMILES string of the molecule is O=C(Nc1ccc(F)cc1F)c1ccc(NC2CCCCC2)nn1. The van der Waals surface area contributed by atoms with Crippen LogP contribution in [0, 0.1) is 11.6 Å². The van der Waals surface area contributed by atoms with E-state index in [1.54, 1.807) is 6.07 Å². The van der Waals surface area contributed by atoms with Gasteiger partial charge < -0.3 is 10.6 Å². The number of rotatable bonds is 4. The van der Waals surface area contributed by atoms with E-state index in [-0.39, 0.29) is 11.4 Å². The van der Waals surface area contributed by atoms with Crippen LogP contribution in [0.4, 0.5) is 20.3 Å². The highest BCUT2D eigenvalue weighted by molar-refractivity contribution is 6.02. The smallest absolute Gasteiger partial charge is 0.276 e. The highest BCUT2D eigenvalue weighted by atomic mass is 19.1. The molecule has 1 aromatic heterocycles. The molecule has 7 heteroatoms. The second-order valence-electron chi connectivity index (χ2n) is 5.86. The number of benzene rings is 1. The molecule has 2 N–H and O–H groups in total.